The lowest BCUT2D eigenvalue weighted by molar-refractivity contribution is 0.204. The number of hydrogen-bond acceptors (Lipinski definition) is 3. The number of aryl methyl sites for hydroxylation is 2. The highest BCUT2D eigenvalue weighted by atomic mass is 16.5. The third kappa shape index (κ3) is 2.59. The first-order chi connectivity index (χ1) is 10.1. The molecule has 0 aromatic carbocycles. The Bertz CT molecular complexity index is 528. The number of nitrogens with one attached hydrogen (secondary N) is 1. The van der Waals surface area contributed by atoms with Gasteiger partial charge in [-0.2, -0.15) is 5.10 Å². The van der Waals surface area contributed by atoms with Crippen molar-refractivity contribution < 1.29 is 9.53 Å². The van der Waals surface area contributed by atoms with E-state index in [1.54, 1.807) is 11.8 Å². The fourth-order valence-electron chi connectivity index (χ4n) is 3.82. The van der Waals surface area contributed by atoms with Crippen LogP contribution in [0.25, 0.3) is 0 Å². The Labute approximate surface area is 125 Å². The Morgan fingerprint density at radius 2 is 2.05 bits per heavy atom. The molecule has 1 aromatic heterocycles. The smallest absolute Gasteiger partial charge is 0.317 e. The van der Waals surface area contributed by atoms with E-state index >= 15 is 0 Å². The SMILES string of the molecule is COc1c(CNC(=O)N2C[C@@H]3CCC[C@H]3C2)c(C)nn1C. The van der Waals surface area contributed by atoms with Crippen LogP contribution in [0, 0.1) is 18.8 Å². The molecule has 0 unspecified atom stereocenters. The monoisotopic (exact) mass is 292 g/mol. The zero-order chi connectivity index (χ0) is 15.0. The first-order valence-electron chi connectivity index (χ1n) is 7.69. The zero-order valence-electron chi connectivity index (χ0n) is 13.1. The van der Waals surface area contributed by atoms with Gasteiger partial charge in [-0.1, -0.05) is 6.42 Å². The van der Waals surface area contributed by atoms with E-state index in [1.807, 2.05) is 18.9 Å². The predicted molar refractivity (Wildman–Crippen MR) is 79.1 cm³/mol. The first-order valence-corrected chi connectivity index (χ1v) is 7.69. The number of hydrogen-bond donors (Lipinski definition) is 1. The Kier molecular flexibility index (Phi) is 3.78. The van der Waals surface area contributed by atoms with Crippen molar-refractivity contribution in [3.8, 4) is 5.88 Å². The minimum Gasteiger partial charge on any atom is -0.481 e. The minimum absolute atomic E-state index is 0.0368. The molecule has 6 nitrogen and oxygen atoms in total. The van der Waals surface area contributed by atoms with Gasteiger partial charge in [0.05, 0.1) is 24.9 Å². The van der Waals surface area contributed by atoms with Crippen molar-refractivity contribution in [2.24, 2.45) is 18.9 Å². The van der Waals surface area contributed by atoms with Crippen LogP contribution in [0.15, 0.2) is 0 Å². The predicted octanol–water partition coefficient (Wildman–Crippen LogP) is 1.68. The lowest BCUT2D eigenvalue weighted by Gasteiger charge is -2.18. The molecule has 2 heterocycles. The summed E-state index contributed by atoms with van der Waals surface area (Å²) in [6.07, 6.45) is 3.89. The highest BCUT2D eigenvalue weighted by Gasteiger charge is 2.37. The molecule has 3 rings (SSSR count). The second-order valence-corrected chi connectivity index (χ2v) is 6.21. The summed E-state index contributed by atoms with van der Waals surface area (Å²) in [7, 11) is 3.47. The lowest BCUT2D eigenvalue weighted by atomic mass is 10.0. The minimum atomic E-state index is 0.0368. The van der Waals surface area contributed by atoms with Crippen molar-refractivity contribution in [1.29, 1.82) is 0 Å². The summed E-state index contributed by atoms with van der Waals surface area (Å²) < 4.78 is 7.06. The zero-order valence-corrected chi connectivity index (χ0v) is 13.1. The van der Waals surface area contributed by atoms with Crippen LogP contribution in [0.4, 0.5) is 4.79 Å². The molecule has 0 bridgehead atoms. The standard InChI is InChI=1S/C15H24N4O2/c1-10-13(14(21-3)18(2)17-10)7-16-15(20)19-8-11-5-4-6-12(11)9-19/h11-12H,4-9H2,1-3H3,(H,16,20)/t11-,12-/m0/s1. The molecule has 0 spiro atoms. The Morgan fingerprint density at radius 1 is 1.38 bits per heavy atom. The van der Waals surface area contributed by atoms with Gasteiger partial charge in [0.1, 0.15) is 0 Å². The van der Waals surface area contributed by atoms with Crippen LogP contribution in [0.5, 0.6) is 5.88 Å². The van der Waals surface area contributed by atoms with Crippen molar-refractivity contribution in [2.75, 3.05) is 20.2 Å². The van der Waals surface area contributed by atoms with E-state index < -0.39 is 0 Å². The van der Waals surface area contributed by atoms with Crippen LogP contribution in [0.1, 0.15) is 30.5 Å². The Hall–Kier alpha value is -1.72. The van der Waals surface area contributed by atoms with Crippen LogP contribution < -0.4 is 10.1 Å². The summed E-state index contributed by atoms with van der Waals surface area (Å²) in [6.45, 7) is 4.23. The summed E-state index contributed by atoms with van der Waals surface area (Å²) >= 11 is 0. The molecule has 1 aromatic rings. The largest absolute Gasteiger partial charge is 0.481 e. The van der Waals surface area contributed by atoms with E-state index in [9.17, 15) is 4.79 Å². The molecular formula is C15H24N4O2. The number of aromatic nitrogens is 2. The highest BCUT2D eigenvalue weighted by molar-refractivity contribution is 5.74. The molecule has 116 valence electrons. The van der Waals surface area contributed by atoms with Gasteiger partial charge in [0.15, 0.2) is 0 Å². The average Bonchev–Trinajstić information content (AvgIpc) is 3.09. The van der Waals surface area contributed by atoms with Crippen LogP contribution in [-0.4, -0.2) is 40.9 Å². The third-order valence-electron chi connectivity index (χ3n) is 4.91. The summed E-state index contributed by atoms with van der Waals surface area (Å²) in [5.41, 5.74) is 1.85. The Morgan fingerprint density at radius 3 is 2.67 bits per heavy atom. The first kappa shape index (κ1) is 14.2. The van der Waals surface area contributed by atoms with E-state index in [-0.39, 0.29) is 6.03 Å². The van der Waals surface area contributed by atoms with E-state index in [0.717, 1.165) is 36.2 Å². The molecule has 0 radical (unpaired) electrons. The summed E-state index contributed by atoms with van der Waals surface area (Å²) in [4.78, 5) is 14.3. The van der Waals surface area contributed by atoms with Crippen molar-refractivity contribution in [2.45, 2.75) is 32.7 Å². The van der Waals surface area contributed by atoms with Gasteiger partial charge in [0.2, 0.25) is 5.88 Å². The molecule has 1 saturated carbocycles. The molecule has 2 atom stereocenters. The molecule has 2 amide bonds. The number of likely N-dealkylation sites (tertiary alicyclic amines) is 1. The lowest BCUT2D eigenvalue weighted by Crippen LogP contribution is -2.38. The van der Waals surface area contributed by atoms with Gasteiger partial charge in [-0.05, 0) is 31.6 Å². The molecule has 2 fully saturated rings. The van der Waals surface area contributed by atoms with Gasteiger partial charge < -0.3 is 15.0 Å². The molecule has 1 aliphatic carbocycles. The molecule has 2 aliphatic rings. The van der Waals surface area contributed by atoms with Crippen molar-refractivity contribution >= 4 is 6.03 Å². The van der Waals surface area contributed by atoms with Gasteiger partial charge in [-0.3, -0.25) is 0 Å². The number of fused-ring (bicyclic) bond motifs is 1. The number of amides is 2. The molecule has 1 aliphatic heterocycles. The number of ether oxygens (including phenoxy) is 1. The number of rotatable bonds is 3. The topological polar surface area (TPSA) is 59.4 Å². The summed E-state index contributed by atoms with van der Waals surface area (Å²) in [6, 6.07) is 0.0368. The molecule has 6 heteroatoms. The second kappa shape index (κ2) is 5.58. The van der Waals surface area contributed by atoms with Crippen molar-refractivity contribution in [3.63, 3.8) is 0 Å². The number of carbonyl (C=O) groups excluding carboxylic acids is 1. The van der Waals surface area contributed by atoms with Gasteiger partial charge >= 0.3 is 6.03 Å². The van der Waals surface area contributed by atoms with Crippen LogP contribution in [-0.2, 0) is 13.6 Å². The Balaban J connectivity index is 1.59. The van der Waals surface area contributed by atoms with Crippen molar-refractivity contribution in [1.82, 2.24) is 20.0 Å². The molecule has 1 saturated heterocycles. The maximum atomic E-state index is 12.3. The van der Waals surface area contributed by atoms with Gasteiger partial charge in [0.25, 0.3) is 0 Å². The van der Waals surface area contributed by atoms with E-state index in [2.05, 4.69) is 10.4 Å². The van der Waals surface area contributed by atoms with Crippen molar-refractivity contribution in [3.05, 3.63) is 11.3 Å². The van der Waals surface area contributed by atoms with Gasteiger partial charge in [-0.25, -0.2) is 9.48 Å². The summed E-state index contributed by atoms with van der Waals surface area (Å²) in [5.74, 6) is 2.17. The quantitative estimate of drug-likeness (QED) is 0.922. The fourth-order valence-corrected chi connectivity index (χ4v) is 3.82. The van der Waals surface area contributed by atoms with Crippen LogP contribution >= 0.6 is 0 Å². The summed E-state index contributed by atoms with van der Waals surface area (Å²) in [5, 5.41) is 7.34. The molecular weight excluding hydrogens is 268 g/mol. The normalized spacial score (nSPS) is 24.2. The number of carbonyl (C=O) groups is 1. The van der Waals surface area contributed by atoms with Crippen LogP contribution in [0.2, 0.25) is 0 Å². The molecule has 1 N–H and O–H groups in total. The maximum Gasteiger partial charge on any atom is 0.317 e. The molecule has 21 heavy (non-hydrogen) atoms. The third-order valence-corrected chi connectivity index (χ3v) is 4.91. The fraction of sp³-hybridized carbons (Fsp3) is 0.733. The van der Waals surface area contributed by atoms with Crippen LogP contribution in [0.3, 0.4) is 0 Å². The number of methoxy groups -OCH3 is 1. The average molecular weight is 292 g/mol. The van der Waals surface area contributed by atoms with Gasteiger partial charge in [-0.15, -0.1) is 0 Å². The van der Waals surface area contributed by atoms with E-state index in [1.165, 1.54) is 19.3 Å². The van der Waals surface area contributed by atoms with E-state index in [4.69, 9.17) is 4.74 Å². The number of urea groups is 1. The van der Waals surface area contributed by atoms with E-state index in [0.29, 0.717) is 12.4 Å². The second-order valence-electron chi connectivity index (χ2n) is 6.21. The maximum absolute atomic E-state index is 12.3. The highest BCUT2D eigenvalue weighted by Crippen LogP contribution is 2.37. The van der Waals surface area contributed by atoms with Gasteiger partial charge in [0, 0.05) is 20.1 Å². The number of nitrogens with zero attached hydrogens (tertiary/aromatic N) is 3.